The number of rotatable bonds is 7. The molecule has 0 spiro atoms. The van der Waals surface area contributed by atoms with Gasteiger partial charge in [-0.1, -0.05) is 36.4 Å². The van der Waals surface area contributed by atoms with Gasteiger partial charge in [-0.3, -0.25) is 4.79 Å². The summed E-state index contributed by atoms with van der Waals surface area (Å²) in [5, 5.41) is 5.38. The van der Waals surface area contributed by atoms with Crippen LogP contribution in [0.2, 0.25) is 0 Å². The summed E-state index contributed by atoms with van der Waals surface area (Å²) in [4.78, 5) is 25.1. The van der Waals surface area contributed by atoms with Gasteiger partial charge in [-0.05, 0) is 12.3 Å². The second kappa shape index (κ2) is 9.12. The van der Waals surface area contributed by atoms with Gasteiger partial charge in [-0.2, -0.15) is 0 Å². The van der Waals surface area contributed by atoms with E-state index in [9.17, 15) is 9.59 Å². The lowest BCUT2D eigenvalue weighted by atomic mass is 10.1. The van der Waals surface area contributed by atoms with Gasteiger partial charge in [0, 0.05) is 34.2 Å². The minimum absolute atomic E-state index is 0.0712. The zero-order valence-electron chi connectivity index (χ0n) is 18.7. The molecule has 4 aromatic rings. The first kappa shape index (κ1) is 22.0. The smallest absolute Gasteiger partial charge is 0.375 e. The molecule has 33 heavy (non-hydrogen) atoms. The lowest BCUT2D eigenvalue weighted by Crippen LogP contribution is -2.21. The van der Waals surface area contributed by atoms with E-state index in [1.807, 2.05) is 36.4 Å². The third-order valence-electron chi connectivity index (χ3n) is 5.30. The number of aryl methyl sites for hydroxylation is 1. The van der Waals surface area contributed by atoms with Crippen LogP contribution in [0, 0.1) is 6.92 Å². The standard InChI is InChI=1S/C25H23NO7/c1-14-17-10-9-15-7-5-6-8-18(15)23(17)33-22(14)25(28)32-13-21(27)26-16-11-19(29-2)24(31-4)20(12-16)30-3/h5-12H,13H2,1-4H3,(H,26,27). The molecule has 0 unspecified atom stereocenters. The third kappa shape index (κ3) is 4.15. The van der Waals surface area contributed by atoms with Crippen LogP contribution in [-0.2, 0) is 9.53 Å². The van der Waals surface area contributed by atoms with E-state index in [1.54, 1.807) is 19.1 Å². The molecule has 0 atom stereocenters. The first-order valence-electron chi connectivity index (χ1n) is 10.1. The van der Waals surface area contributed by atoms with Crippen LogP contribution in [0.4, 0.5) is 5.69 Å². The molecule has 0 fully saturated rings. The number of ether oxygens (including phenoxy) is 4. The number of anilines is 1. The molecule has 0 aliphatic rings. The van der Waals surface area contributed by atoms with Crippen molar-refractivity contribution in [1.29, 1.82) is 0 Å². The molecule has 0 saturated carbocycles. The Morgan fingerprint density at radius 1 is 0.909 bits per heavy atom. The second-order valence-corrected chi connectivity index (χ2v) is 7.26. The fourth-order valence-electron chi connectivity index (χ4n) is 3.69. The van der Waals surface area contributed by atoms with E-state index in [-0.39, 0.29) is 5.76 Å². The predicted octanol–water partition coefficient (Wildman–Crippen LogP) is 4.72. The molecule has 1 N–H and O–H groups in total. The quantitative estimate of drug-likeness (QED) is 0.408. The number of fused-ring (bicyclic) bond motifs is 3. The highest BCUT2D eigenvalue weighted by molar-refractivity contribution is 6.08. The van der Waals surface area contributed by atoms with Crippen LogP contribution in [0.15, 0.2) is 52.9 Å². The number of esters is 1. The molecule has 0 saturated heterocycles. The van der Waals surface area contributed by atoms with Gasteiger partial charge in [0.2, 0.25) is 11.5 Å². The van der Waals surface area contributed by atoms with Crippen molar-refractivity contribution in [3.8, 4) is 17.2 Å². The van der Waals surface area contributed by atoms with Gasteiger partial charge < -0.3 is 28.7 Å². The fraction of sp³-hybridized carbons (Fsp3) is 0.200. The second-order valence-electron chi connectivity index (χ2n) is 7.26. The van der Waals surface area contributed by atoms with Crippen molar-refractivity contribution in [2.45, 2.75) is 6.92 Å². The van der Waals surface area contributed by atoms with Crippen LogP contribution in [-0.4, -0.2) is 39.8 Å². The van der Waals surface area contributed by atoms with E-state index in [4.69, 9.17) is 23.4 Å². The SMILES string of the molecule is COc1cc(NC(=O)COC(=O)c2oc3c(ccc4ccccc43)c2C)cc(OC)c1OC. The largest absolute Gasteiger partial charge is 0.493 e. The van der Waals surface area contributed by atoms with Crippen molar-refractivity contribution in [2.24, 2.45) is 0 Å². The average molecular weight is 449 g/mol. The maximum Gasteiger partial charge on any atom is 0.375 e. The molecule has 1 aromatic heterocycles. The van der Waals surface area contributed by atoms with E-state index in [0.717, 1.165) is 16.2 Å². The minimum Gasteiger partial charge on any atom is -0.493 e. The highest BCUT2D eigenvalue weighted by atomic mass is 16.5. The molecule has 1 heterocycles. The van der Waals surface area contributed by atoms with Gasteiger partial charge in [-0.15, -0.1) is 0 Å². The predicted molar refractivity (Wildman–Crippen MR) is 123 cm³/mol. The normalized spacial score (nSPS) is 10.8. The number of carbonyl (C=O) groups is 2. The Hall–Kier alpha value is -4.20. The number of furan rings is 1. The monoisotopic (exact) mass is 449 g/mol. The Kier molecular flexibility index (Phi) is 6.08. The molecular formula is C25H23NO7. The van der Waals surface area contributed by atoms with Crippen LogP contribution < -0.4 is 19.5 Å². The highest BCUT2D eigenvalue weighted by Gasteiger charge is 2.21. The summed E-state index contributed by atoms with van der Waals surface area (Å²) in [5.74, 6) is -0.00699. The molecular weight excluding hydrogens is 426 g/mol. The Bertz CT molecular complexity index is 1330. The summed E-state index contributed by atoms with van der Waals surface area (Å²) < 4.78 is 26.9. The number of carbonyl (C=O) groups excluding carboxylic acids is 2. The molecule has 4 rings (SSSR count). The van der Waals surface area contributed by atoms with E-state index in [1.165, 1.54) is 21.3 Å². The van der Waals surface area contributed by atoms with Crippen LogP contribution >= 0.6 is 0 Å². The van der Waals surface area contributed by atoms with Gasteiger partial charge in [0.15, 0.2) is 18.1 Å². The van der Waals surface area contributed by atoms with Crippen molar-refractivity contribution in [1.82, 2.24) is 0 Å². The number of nitrogens with one attached hydrogen (secondary N) is 1. The summed E-state index contributed by atoms with van der Waals surface area (Å²) in [7, 11) is 4.44. The van der Waals surface area contributed by atoms with Crippen molar-refractivity contribution in [2.75, 3.05) is 33.3 Å². The van der Waals surface area contributed by atoms with Gasteiger partial charge in [-0.25, -0.2) is 4.79 Å². The maximum atomic E-state index is 12.7. The molecule has 0 aliphatic carbocycles. The minimum atomic E-state index is -0.715. The van der Waals surface area contributed by atoms with Gasteiger partial charge in [0.1, 0.15) is 5.58 Å². The van der Waals surface area contributed by atoms with Crippen LogP contribution in [0.5, 0.6) is 17.2 Å². The van der Waals surface area contributed by atoms with E-state index >= 15 is 0 Å². The van der Waals surface area contributed by atoms with Crippen molar-refractivity contribution >= 4 is 39.3 Å². The zero-order chi connectivity index (χ0) is 23.5. The Morgan fingerprint density at radius 2 is 1.61 bits per heavy atom. The molecule has 0 bridgehead atoms. The summed E-state index contributed by atoms with van der Waals surface area (Å²) in [5.41, 5.74) is 1.67. The van der Waals surface area contributed by atoms with E-state index < -0.39 is 18.5 Å². The van der Waals surface area contributed by atoms with Gasteiger partial charge >= 0.3 is 5.97 Å². The average Bonchev–Trinajstić information content (AvgIpc) is 3.18. The molecule has 3 aromatic carbocycles. The zero-order valence-corrected chi connectivity index (χ0v) is 18.7. The lowest BCUT2D eigenvalue weighted by molar-refractivity contribution is -0.119. The summed E-state index contributed by atoms with van der Waals surface area (Å²) in [6, 6.07) is 14.8. The first-order valence-corrected chi connectivity index (χ1v) is 10.1. The van der Waals surface area contributed by atoms with Gasteiger partial charge in [0.25, 0.3) is 5.91 Å². The lowest BCUT2D eigenvalue weighted by Gasteiger charge is -2.14. The molecule has 1 amide bonds. The third-order valence-corrected chi connectivity index (χ3v) is 5.30. The maximum absolute atomic E-state index is 12.7. The number of amides is 1. The van der Waals surface area contributed by atoms with Gasteiger partial charge in [0.05, 0.1) is 21.3 Å². The van der Waals surface area contributed by atoms with E-state index in [2.05, 4.69) is 5.32 Å². The first-order chi connectivity index (χ1) is 16.0. The topological polar surface area (TPSA) is 96.2 Å². The van der Waals surface area contributed by atoms with Crippen molar-refractivity contribution in [3.05, 3.63) is 59.9 Å². The molecule has 8 nitrogen and oxygen atoms in total. The number of methoxy groups -OCH3 is 3. The Balaban J connectivity index is 1.49. The number of hydrogen-bond donors (Lipinski definition) is 1. The molecule has 8 heteroatoms. The summed E-state index contributed by atoms with van der Waals surface area (Å²) in [6.45, 7) is 1.29. The van der Waals surface area contributed by atoms with Crippen LogP contribution in [0.25, 0.3) is 21.7 Å². The van der Waals surface area contributed by atoms with Crippen LogP contribution in [0.1, 0.15) is 16.1 Å². The fourth-order valence-corrected chi connectivity index (χ4v) is 3.69. The highest BCUT2D eigenvalue weighted by Crippen LogP contribution is 2.40. The molecule has 170 valence electrons. The van der Waals surface area contributed by atoms with Crippen LogP contribution in [0.3, 0.4) is 0 Å². The van der Waals surface area contributed by atoms with Crippen molar-refractivity contribution < 1.29 is 33.0 Å². The van der Waals surface area contributed by atoms with E-state index in [0.29, 0.717) is 34.1 Å². The Labute approximate surface area is 190 Å². The Morgan fingerprint density at radius 3 is 2.27 bits per heavy atom. The molecule has 0 aliphatic heterocycles. The summed E-state index contributed by atoms with van der Waals surface area (Å²) in [6.07, 6.45) is 0. The molecule has 0 radical (unpaired) electrons. The van der Waals surface area contributed by atoms with Crippen molar-refractivity contribution in [3.63, 3.8) is 0 Å². The summed E-state index contributed by atoms with van der Waals surface area (Å²) >= 11 is 0. The number of hydrogen-bond acceptors (Lipinski definition) is 7. The number of benzene rings is 3.